The molecule has 0 atom stereocenters. The van der Waals surface area contributed by atoms with Crippen LogP contribution in [0.3, 0.4) is 0 Å². The molecule has 0 aromatic carbocycles. The molecule has 2 heterocycles. The van der Waals surface area contributed by atoms with E-state index >= 15 is 0 Å². The number of hydrogen-bond donors (Lipinski definition) is 1. The fraction of sp³-hybridized carbons (Fsp3) is 0.200. The highest BCUT2D eigenvalue weighted by Gasteiger charge is 2.16. The zero-order valence-electron chi connectivity index (χ0n) is 9.36. The van der Waals surface area contributed by atoms with E-state index in [-0.39, 0.29) is 18.1 Å². The van der Waals surface area contributed by atoms with Gasteiger partial charge in [0.05, 0.1) is 19.9 Å². The maximum atomic E-state index is 11.1. The molecule has 2 rings (SSSR count). The topological polar surface area (TPSA) is 107 Å². The van der Waals surface area contributed by atoms with E-state index in [4.69, 9.17) is 9.52 Å². The van der Waals surface area contributed by atoms with Crippen molar-refractivity contribution in [3.63, 3.8) is 0 Å². The fourth-order valence-corrected chi connectivity index (χ4v) is 1.38. The number of methoxy groups -OCH3 is 1. The Balaban J connectivity index is 2.19. The molecule has 18 heavy (non-hydrogen) atoms. The van der Waals surface area contributed by atoms with Crippen LogP contribution >= 0.6 is 0 Å². The Kier molecular flexibility index (Phi) is 3.09. The Bertz CT molecular complexity index is 586. The molecule has 2 aromatic rings. The normalized spacial score (nSPS) is 10.3. The standard InChI is InChI=1S/C10H9N3O5/c1-17-10(16)8-11-5-13(12-8)4-6-2-3-18-7(6)9(14)15/h2-3,5H,4H2,1H3,(H,14,15). The second-order valence-electron chi connectivity index (χ2n) is 3.34. The molecule has 1 N–H and O–H groups in total. The van der Waals surface area contributed by atoms with Crippen LogP contribution in [-0.4, -0.2) is 38.9 Å². The van der Waals surface area contributed by atoms with Gasteiger partial charge in [-0.05, 0) is 6.07 Å². The van der Waals surface area contributed by atoms with Crippen molar-refractivity contribution in [2.24, 2.45) is 0 Å². The van der Waals surface area contributed by atoms with Crippen LogP contribution in [0.5, 0.6) is 0 Å². The number of aromatic nitrogens is 3. The highest BCUT2D eigenvalue weighted by atomic mass is 16.5. The summed E-state index contributed by atoms with van der Waals surface area (Å²) in [7, 11) is 1.22. The Labute approximate surface area is 101 Å². The first-order chi connectivity index (χ1) is 8.61. The molecule has 0 saturated heterocycles. The summed E-state index contributed by atoms with van der Waals surface area (Å²) >= 11 is 0. The van der Waals surface area contributed by atoms with Crippen LogP contribution in [0.25, 0.3) is 0 Å². The van der Waals surface area contributed by atoms with E-state index in [9.17, 15) is 9.59 Å². The number of esters is 1. The SMILES string of the molecule is COC(=O)c1ncn(Cc2ccoc2C(=O)O)n1. The van der Waals surface area contributed by atoms with Gasteiger partial charge in [-0.15, -0.1) is 5.10 Å². The van der Waals surface area contributed by atoms with Gasteiger partial charge in [-0.25, -0.2) is 19.3 Å². The number of furan rings is 1. The van der Waals surface area contributed by atoms with Crippen LogP contribution in [0.1, 0.15) is 26.7 Å². The monoisotopic (exact) mass is 251 g/mol. The summed E-state index contributed by atoms with van der Waals surface area (Å²) in [6.45, 7) is 0.141. The Hall–Kier alpha value is -2.64. The van der Waals surface area contributed by atoms with Crippen LogP contribution < -0.4 is 0 Å². The number of rotatable bonds is 4. The number of hydrogen-bond acceptors (Lipinski definition) is 6. The molecule has 0 saturated carbocycles. The number of carboxylic acids is 1. The molecular weight excluding hydrogens is 242 g/mol. The van der Waals surface area contributed by atoms with Crippen molar-refractivity contribution in [3.05, 3.63) is 35.8 Å². The third kappa shape index (κ3) is 2.21. The van der Waals surface area contributed by atoms with Crippen LogP contribution in [0.2, 0.25) is 0 Å². The lowest BCUT2D eigenvalue weighted by atomic mass is 10.2. The van der Waals surface area contributed by atoms with Crippen LogP contribution in [0.15, 0.2) is 23.1 Å². The first kappa shape index (κ1) is 11.8. The molecule has 2 aromatic heterocycles. The molecule has 0 aliphatic heterocycles. The highest BCUT2D eigenvalue weighted by Crippen LogP contribution is 2.11. The number of ether oxygens (including phenoxy) is 1. The smallest absolute Gasteiger partial charge is 0.377 e. The van der Waals surface area contributed by atoms with E-state index in [0.29, 0.717) is 5.56 Å². The molecule has 0 spiro atoms. The third-order valence-electron chi connectivity index (χ3n) is 2.18. The molecule has 0 fully saturated rings. The summed E-state index contributed by atoms with van der Waals surface area (Å²) in [6.07, 6.45) is 2.59. The van der Waals surface area contributed by atoms with Crippen molar-refractivity contribution < 1.29 is 23.8 Å². The summed E-state index contributed by atoms with van der Waals surface area (Å²) in [5, 5.41) is 12.7. The molecule has 8 nitrogen and oxygen atoms in total. The lowest BCUT2D eigenvalue weighted by Crippen LogP contribution is -2.08. The Morgan fingerprint density at radius 2 is 2.33 bits per heavy atom. The minimum Gasteiger partial charge on any atom is -0.475 e. The maximum absolute atomic E-state index is 11.1. The predicted octanol–water partition coefficient (Wildman–Crippen LogP) is 0.404. The van der Waals surface area contributed by atoms with Gasteiger partial charge in [0.1, 0.15) is 6.33 Å². The summed E-state index contributed by atoms with van der Waals surface area (Å²) in [5.74, 6) is -2.06. The van der Waals surface area contributed by atoms with Crippen LogP contribution in [0, 0.1) is 0 Å². The van der Waals surface area contributed by atoms with Crippen molar-refractivity contribution in [2.75, 3.05) is 7.11 Å². The number of aromatic carboxylic acids is 1. The molecule has 0 amide bonds. The number of carbonyl (C=O) groups is 2. The minimum atomic E-state index is -1.16. The van der Waals surface area contributed by atoms with E-state index in [1.165, 1.54) is 30.4 Å². The van der Waals surface area contributed by atoms with E-state index in [0.717, 1.165) is 0 Å². The Morgan fingerprint density at radius 3 is 3.00 bits per heavy atom. The molecular formula is C10H9N3O5. The van der Waals surface area contributed by atoms with Gasteiger partial charge < -0.3 is 14.3 Å². The van der Waals surface area contributed by atoms with Gasteiger partial charge in [0.2, 0.25) is 5.76 Å². The molecule has 0 aliphatic carbocycles. The lowest BCUT2D eigenvalue weighted by Gasteiger charge is -1.98. The molecule has 0 radical (unpaired) electrons. The summed E-state index contributed by atoms with van der Waals surface area (Å²) in [5.41, 5.74) is 0.434. The first-order valence-corrected chi connectivity index (χ1v) is 4.89. The zero-order valence-corrected chi connectivity index (χ0v) is 9.36. The molecule has 8 heteroatoms. The van der Waals surface area contributed by atoms with Crippen molar-refractivity contribution in [1.82, 2.24) is 14.8 Å². The second kappa shape index (κ2) is 4.70. The lowest BCUT2D eigenvalue weighted by molar-refractivity contribution is 0.0585. The summed E-state index contributed by atoms with van der Waals surface area (Å²) in [4.78, 5) is 25.7. The van der Waals surface area contributed by atoms with Gasteiger partial charge >= 0.3 is 11.9 Å². The number of carboxylic acid groups (broad SMARTS) is 1. The van der Waals surface area contributed by atoms with Crippen LogP contribution in [-0.2, 0) is 11.3 Å². The van der Waals surface area contributed by atoms with E-state index < -0.39 is 11.9 Å². The van der Waals surface area contributed by atoms with Crippen molar-refractivity contribution >= 4 is 11.9 Å². The highest BCUT2D eigenvalue weighted by molar-refractivity contribution is 5.86. The third-order valence-corrected chi connectivity index (χ3v) is 2.18. The number of nitrogens with zero attached hydrogens (tertiary/aromatic N) is 3. The van der Waals surface area contributed by atoms with Gasteiger partial charge in [-0.2, -0.15) is 0 Å². The average molecular weight is 251 g/mol. The molecule has 0 aliphatic rings. The quantitative estimate of drug-likeness (QED) is 0.783. The zero-order chi connectivity index (χ0) is 13.1. The van der Waals surface area contributed by atoms with Crippen molar-refractivity contribution in [2.45, 2.75) is 6.54 Å². The van der Waals surface area contributed by atoms with Gasteiger partial charge in [0.15, 0.2) is 0 Å². The second-order valence-corrected chi connectivity index (χ2v) is 3.34. The first-order valence-electron chi connectivity index (χ1n) is 4.89. The van der Waals surface area contributed by atoms with Gasteiger partial charge in [0.25, 0.3) is 5.82 Å². The van der Waals surface area contributed by atoms with E-state index in [2.05, 4.69) is 14.8 Å². The van der Waals surface area contributed by atoms with E-state index in [1.54, 1.807) is 0 Å². The van der Waals surface area contributed by atoms with Crippen molar-refractivity contribution in [3.8, 4) is 0 Å². The summed E-state index contributed by atoms with van der Waals surface area (Å²) in [6, 6.07) is 1.52. The maximum Gasteiger partial charge on any atom is 0.377 e. The molecule has 0 bridgehead atoms. The van der Waals surface area contributed by atoms with Gasteiger partial charge in [-0.3, -0.25) is 0 Å². The van der Waals surface area contributed by atoms with Gasteiger partial charge in [-0.1, -0.05) is 0 Å². The van der Waals surface area contributed by atoms with E-state index in [1.807, 2.05) is 0 Å². The number of carbonyl (C=O) groups excluding carboxylic acids is 1. The van der Waals surface area contributed by atoms with Crippen LogP contribution in [0.4, 0.5) is 0 Å². The molecule has 0 unspecified atom stereocenters. The largest absolute Gasteiger partial charge is 0.475 e. The molecule has 94 valence electrons. The van der Waals surface area contributed by atoms with Gasteiger partial charge in [0, 0.05) is 5.56 Å². The fourth-order valence-electron chi connectivity index (χ4n) is 1.38. The minimum absolute atomic E-state index is 0.0853. The average Bonchev–Trinajstić information content (AvgIpc) is 2.97. The van der Waals surface area contributed by atoms with Crippen molar-refractivity contribution in [1.29, 1.82) is 0 Å². The Morgan fingerprint density at radius 1 is 1.56 bits per heavy atom. The summed E-state index contributed by atoms with van der Waals surface area (Å²) < 4.78 is 10.6. The predicted molar refractivity (Wildman–Crippen MR) is 56.1 cm³/mol.